The van der Waals surface area contributed by atoms with E-state index in [-0.39, 0.29) is 16.4 Å². The second-order valence-corrected chi connectivity index (χ2v) is 4.97. The monoisotopic (exact) mass is 296 g/mol. The molecule has 1 heterocycles. The van der Waals surface area contributed by atoms with Crippen LogP contribution in [0.5, 0.6) is 0 Å². The molecule has 5 heteroatoms. The number of aromatic nitrogens is 2. The minimum absolute atomic E-state index is 0.0470. The minimum Gasteiger partial charge on any atom is -0.226 e. The number of unbranched alkanes of at least 4 members (excludes halogenated alkanes) is 2. The summed E-state index contributed by atoms with van der Waals surface area (Å²) in [5.41, 5.74) is 0.845. The van der Waals surface area contributed by atoms with Crippen LogP contribution in [0, 0.1) is 11.6 Å². The lowest BCUT2D eigenvalue weighted by molar-refractivity contribution is 0.583. The lowest BCUT2D eigenvalue weighted by atomic mass is 10.0. The molecule has 0 bridgehead atoms. The quantitative estimate of drug-likeness (QED) is 0.584. The fourth-order valence-electron chi connectivity index (χ4n) is 2.07. The fraction of sp³-hybridized carbons (Fsp3) is 0.333. The maximum absolute atomic E-state index is 14.1. The van der Waals surface area contributed by atoms with E-state index in [2.05, 4.69) is 16.9 Å². The van der Waals surface area contributed by atoms with Crippen molar-refractivity contribution in [3.8, 4) is 11.1 Å². The van der Waals surface area contributed by atoms with Crippen molar-refractivity contribution in [1.29, 1.82) is 0 Å². The molecule has 0 saturated carbocycles. The number of halogens is 3. The first kappa shape index (κ1) is 14.9. The van der Waals surface area contributed by atoms with Crippen molar-refractivity contribution in [3.63, 3.8) is 0 Å². The van der Waals surface area contributed by atoms with Gasteiger partial charge in [0.1, 0.15) is 11.6 Å². The van der Waals surface area contributed by atoms with Gasteiger partial charge in [0.2, 0.25) is 5.28 Å². The summed E-state index contributed by atoms with van der Waals surface area (Å²) in [7, 11) is 0. The van der Waals surface area contributed by atoms with Crippen LogP contribution >= 0.6 is 11.6 Å². The molecule has 1 aromatic heterocycles. The third kappa shape index (κ3) is 3.51. The van der Waals surface area contributed by atoms with E-state index in [1.807, 2.05) is 0 Å². The van der Waals surface area contributed by atoms with Gasteiger partial charge in [0, 0.05) is 18.0 Å². The standard InChI is InChI=1S/C15H15ClF2N2/c1-2-3-4-5-10-6-12(17)14(13(18)7-10)11-8-19-15(16)20-9-11/h6-9H,2-5H2,1H3. The van der Waals surface area contributed by atoms with Gasteiger partial charge in [-0.05, 0) is 42.1 Å². The van der Waals surface area contributed by atoms with Crippen molar-refractivity contribution in [1.82, 2.24) is 9.97 Å². The molecular weight excluding hydrogens is 282 g/mol. The Balaban J connectivity index is 2.29. The average Bonchev–Trinajstić information content (AvgIpc) is 2.40. The highest BCUT2D eigenvalue weighted by Gasteiger charge is 2.14. The average molecular weight is 297 g/mol. The van der Waals surface area contributed by atoms with E-state index in [9.17, 15) is 8.78 Å². The van der Waals surface area contributed by atoms with Crippen molar-refractivity contribution < 1.29 is 8.78 Å². The van der Waals surface area contributed by atoms with Gasteiger partial charge in [-0.15, -0.1) is 0 Å². The highest BCUT2D eigenvalue weighted by molar-refractivity contribution is 6.28. The molecule has 0 radical (unpaired) electrons. The fourth-order valence-corrected chi connectivity index (χ4v) is 2.16. The maximum Gasteiger partial charge on any atom is 0.222 e. The van der Waals surface area contributed by atoms with Crippen molar-refractivity contribution in [3.05, 3.63) is 47.0 Å². The molecule has 0 atom stereocenters. The van der Waals surface area contributed by atoms with E-state index in [1.54, 1.807) is 0 Å². The Morgan fingerprint density at radius 1 is 1.05 bits per heavy atom. The summed E-state index contributed by atoms with van der Waals surface area (Å²) in [6.45, 7) is 2.09. The predicted octanol–water partition coefficient (Wildman–Crippen LogP) is 4.81. The first-order valence-electron chi connectivity index (χ1n) is 6.57. The molecule has 2 aromatic rings. The SMILES string of the molecule is CCCCCc1cc(F)c(-c2cnc(Cl)nc2)c(F)c1. The van der Waals surface area contributed by atoms with Crippen LogP contribution in [-0.2, 0) is 6.42 Å². The van der Waals surface area contributed by atoms with Gasteiger partial charge in [-0.1, -0.05) is 19.8 Å². The molecule has 0 aliphatic rings. The van der Waals surface area contributed by atoms with Crippen LogP contribution in [0.25, 0.3) is 11.1 Å². The van der Waals surface area contributed by atoms with E-state index >= 15 is 0 Å². The molecular formula is C15H15ClF2N2. The lowest BCUT2D eigenvalue weighted by Crippen LogP contribution is -1.96. The van der Waals surface area contributed by atoms with Crippen LogP contribution in [0.3, 0.4) is 0 Å². The zero-order chi connectivity index (χ0) is 14.5. The van der Waals surface area contributed by atoms with Crippen LogP contribution in [0.2, 0.25) is 5.28 Å². The Bertz CT molecular complexity index is 562. The van der Waals surface area contributed by atoms with Gasteiger partial charge >= 0.3 is 0 Å². The van der Waals surface area contributed by atoms with Gasteiger partial charge < -0.3 is 0 Å². The summed E-state index contributed by atoms with van der Waals surface area (Å²) in [5.74, 6) is -1.19. The number of nitrogens with zero attached hydrogens (tertiary/aromatic N) is 2. The van der Waals surface area contributed by atoms with Crippen molar-refractivity contribution in [2.24, 2.45) is 0 Å². The van der Waals surface area contributed by atoms with Gasteiger partial charge in [0.25, 0.3) is 0 Å². The van der Waals surface area contributed by atoms with Crippen molar-refractivity contribution in [2.75, 3.05) is 0 Å². The Kier molecular flexibility index (Phi) is 5.01. The maximum atomic E-state index is 14.1. The second-order valence-electron chi connectivity index (χ2n) is 4.63. The zero-order valence-electron chi connectivity index (χ0n) is 11.2. The van der Waals surface area contributed by atoms with Gasteiger partial charge in [-0.25, -0.2) is 18.7 Å². The molecule has 0 saturated heterocycles. The normalized spacial score (nSPS) is 10.8. The largest absolute Gasteiger partial charge is 0.226 e. The number of hydrogen-bond donors (Lipinski definition) is 0. The molecule has 106 valence electrons. The first-order chi connectivity index (χ1) is 9.61. The number of benzene rings is 1. The van der Waals surface area contributed by atoms with E-state index in [0.717, 1.165) is 19.3 Å². The first-order valence-corrected chi connectivity index (χ1v) is 6.95. The molecule has 0 amide bonds. The Morgan fingerprint density at radius 3 is 2.20 bits per heavy atom. The molecule has 20 heavy (non-hydrogen) atoms. The highest BCUT2D eigenvalue weighted by atomic mass is 35.5. The molecule has 0 spiro atoms. The Labute approximate surface area is 121 Å². The number of hydrogen-bond acceptors (Lipinski definition) is 2. The third-order valence-electron chi connectivity index (χ3n) is 3.08. The summed E-state index contributed by atoms with van der Waals surface area (Å²) < 4.78 is 28.2. The van der Waals surface area contributed by atoms with Crippen molar-refractivity contribution >= 4 is 11.6 Å². The van der Waals surface area contributed by atoms with Gasteiger partial charge in [0.05, 0.1) is 5.56 Å². The van der Waals surface area contributed by atoms with Gasteiger partial charge in [-0.3, -0.25) is 0 Å². The molecule has 2 rings (SSSR count). The third-order valence-corrected chi connectivity index (χ3v) is 3.28. The number of aryl methyl sites for hydroxylation is 1. The number of rotatable bonds is 5. The van der Waals surface area contributed by atoms with Crippen LogP contribution in [0.15, 0.2) is 24.5 Å². The van der Waals surface area contributed by atoms with E-state index in [0.29, 0.717) is 12.0 Å². The molecule has 0 N–H and O–H groups in total. The van der Waals surface area contributed by atoms with E-state index < -0.39 is 11.6 Å². The summed E-state index contributed by atoms with van der Waals surface area (Å²) in [6, 6.07) is 2.76. The molecule has 2 nitrogen and oxygen atoms in total. The molecule has 1 aromatic carbocycles. The summed E-state index contributed by atoms with van der Waals surface area (Å²) in [6.07, 6.45) is 6.36. The van der Waals surface area contributed by atoms with Crippen molar-refractivity contribution in [2.45, 2.75) is 32.6 Å². The molecule has 0 unspecified atom stereocenters. The molecule has 0 aliphatic carbocycles. The van der Waals surface area contributed by atoms with E-state index in [1.165, 1.54) is 24.5 Å². The minimum atomic E-state index is -0.595. The van der Waals surface area contributed by atoms with Gasteiger partial charge in [0.15, 0.2) is 0 Å². The lowest BCUT2D eigenvalue weighted by Gasteiger charge is -2.08. The Morgan fingerprint density at radius 2 is 1.65 bits per heavy atom. The predicted molar refractivity (Wildman–Crippen MR) is 75.6 cm³/mol. The Hall–Kier alpha value is -1.55. The van der Waals surface area contributed by atoms with Crippen LogP contribution in [0.1, 0.15) is 31.7 Å². The molecule has 0 aliphatic heterocycles. The summed E-state index contributed by atoms with van der Waals surface area (Å²) >= 11 is 5.57. The van der Waals surface area contributed by atoms with E-state index in [4.69, 9.17) is 11.6 Å². The highest BCUT2D eigenvalue weighted by Crippen LogP contribution is 2.27. The van der Waals surface area contributed by atoms with Crippen LogP contribution < -0.4 is 0 Å². The summed E-state index contributed by atoms with van der Waals surface area (Å²) in [4.78, 5) is 7.48. The smallest absolute Gasteiger partial charge is 0.222 e. The van der Waals surface area contributed by atoms with Crippen LogP contribution in [-0.4, -0.2) is 9.97 Å². The van der Waals surface area contributed by atoms with Crippen LogP contribution in [0.4, 0.5) is 8.78 Å². The second kappa shape index (κ2) is 6.75. The topological polar surface area (TPSA) is 25.8 Å². The zero-order valence-corrected chi connectivity index (χ0v) is 11.9. The summed E-state index contributed by atoms with van der Waals surface area (Å²) in [5, 5.41) is 0.0470. The molecule has 0 fully saturated rings. The van der Waals surface area contributed by atoms with Gasteiger partial charge in [-0.2, -0.15) is 0 Å².